The number of hydrazine groups is 1. The molecule has 2 aromatic carbocycles. The van der Waals surface area contributed by atoms with Crippen LogP contribution in [0.5, 0.6) is 0 Å². The molecule has 2 N–H and O–H groups in total. The summed E-state index contributed by atoms with van der Waals surface area (Å²) < 4.78 is 0. The highest BCUT2D eigenvalue weighted by molar-refractivity contribution is 6.30. The molecule has 8 nitrogen and oxygen atoms in total. The van der Waals surface area contributed by atoms with Crippen LogP contribution in [0.3, 0.4) is 0 Å². The highest BCUT2D eigenvalue weighted by atomic mass is 35.5. The number of carbonyl (C=O) groups is 3. The zero-order chi connectivity index (χ0) is 26.1. The highest BCUT2D eigenvalue weighted by Crippen LogP contribution is 2.41. The smallest absolute Gasteiger partial charge is 0.337 e. The minimum atomic E-state index is -0.613. The molecule has 0 bridgehead atoms. The standard InChI is InChI=1S/C28H34ClN5O3/c1-18(2)15-30-25(35)21-11-12-23-24(14-21)34-27(32(26(23)36)16-19-7-4-3-5-8-19)31-33(28(34)37)17-20-9-6-10-22(29)13-20/h3-10,13,18,21,23-24,27,31H,11-12,14-17H2,1-2H3,(H,30,35). The fourth-order valence-electron chi connectivity index (χ4n) is 5.68. The molecule has 3 aliphatic rings. The summed E-state index contributed by atoms with van der Waals surface area (Å²) in [6.07, 6.45) is 1.09. The van der Waals surface area contributed by atoms with Crippen molar-refractivity contribution in [1.29, 1.82) is 0 Å². The summed E-state index contributed by atoms with van der Waals surface area (Å²) in [5, 5.41) is 5.21. The minimum absolute atomic E-state index is 0.0123. The molecule has 9 heteroatoms. The molecule has 3 fully saturated rings. The quantitative estimate of drug-likeness (QED) is 0.575. The summed E-state index contributed by atoms with van der Waals surface area (Å²) in [5.74, 6) is -0.147. The number of nitrogens with zero attached hydrogens (tertiary/aromatic N) is 3. The van der Waals surface area contributed by atoms with Gasteiger partial charge in [-0.05, 0) is 48.4 Å². The summed E-state index contributed by atoms with van der Waals surface area (Å²) in [6.45, 7) is 5.45. The lowest BCUT2D eigenvalue weighted by Crippen LogP contribution is -2.66. The third-order valence-electron chi connectivity index (χ3n) is 7.54. The summed E-state index contributed by atoms with van der Waals surface area (Å²) in [5.41, 5.74) is 5.19. The van der Waals surface area contributed by atoms with Crippen LogP contribution in [0.4, 0.5) is 4.79 Å². The number of amides is 4. The molecule has 4 amide bonds. The second-order valence-electron chi connectivity index (χ2n) is 10.7. The van der Waals surface area contributed by atoms with Crippen molar-refractivity contribution < 1.29 is 14.4 Å². The normalized spacial score (nSPS) is 25.4. The second kappa shape index (κ2) is 10.7. The molecule has 0 aromatic heterocycles. The Labute approximate surface area is 222 Å². The molecule has 2 heterocycles. The molecule has 2 aliphatic heterocycles. The van der Waals surface area contributed by atoms with E-state index in [2.05, 4.69) is 24.6 Å². The van der Waals surface area contributed by atoms with E-state index in [9.17, 15) is 14.4 Å². The topological polar surface area (TPSA) is 85.0 Å². The van der Waals surface area contributed by atoms with Crippen molar-refractivity contribution in [3.8, 4) is 0 Å². The van der Waals surface area contributed by atoms with Crippen LogP contribution in [0.2, 0.25) is 5.02 Å². The average molecular weight is 524 g/mol. The third-order valence-corrected chi connectivity index (χ3v) is 7.77. The molecule has 1 aliphatic carbocycles. The molecule has 2 aromatic rings. The minimum Gasteiger partial charge on any atom is -0.356 e. The Morgan fingerprint density at radius 1 is 1.05 bits per heavy atom. The molecule has 4 unspecified atom stereocenters. The number of halogens is 1. The second-order valence-corrected chi connectivity index (χ2v) is 11.1. The van der Waals surface area contributed by atoms with Crippen LogP contribution in [0, 0.1) is 17.8 Å². The van der Waals surface area contributed by atoms with E-state index in [1.54, 1.807) is 20.9 Å². The van der Waals surface area contributed by atoms with Crippen LogP contribution < -0.4 is 10.7 Å². The first-order valence-corrected chi connectivity index (χ1v) is 13.4. The predicted molar refractivity (Wildman–Crippen MR) is 141 cm³/mol. The lowest BCUT2D eigenvalue weighted by atomic mass is 9.75. The van der Waals surface area contributed by atoms with Crippen LogP contribution in [-0.4, -0.2) is 51.5 Å². The Balaban J connectivity index is 1.41. The van der Waals surface area contributed by atoms with Crippen molar-refractivity contribution in [3.05, 3.63) is 70.7 Å². The van der Waals surface area contributed by atoms with E-state index >= 15 is 0 Å². The Bertz CT molecular complexity index is 1160. The van der Waals surface area contributed by atoms with Crippen molar-refractivity contribution in [2.24, 2.45) is 17.8 Å². The largest absolute Gasteiger partial charge is 0.356 e. The van der Waals surface area contributed by atoms with Gasteiger partial charge in [-0.3, -0.25) is 19.5 Å². The Morgan fingerprint density at radius 2 is 1.81 bits per heavy atom. The molecular formula is C28H34ClN5O3. The van der Waals surface area contributed by atoms with Gasteiger partial charge in [-0.1, -0.05) is 67.9 Å². The van der Waals surface area contributed by atoms with E-state index in [1.165, 1.54) is 0 Å². The van der Waals surface area contributed by atoms with Gasteiger partial charge in [0.15, 0.2) is 6.29 Å². The third kappa shape index (κ3) is 5.31. The van der Waals surface area contributed by atoms with Gasteiger partial charge >= 0.3 is 6.03 Å². The van der Waals surface area contributed by atoms with Gasteiger partial charge in [0.25, 0.3) is 0 Å². The lowest BCUT2D eigenvalue weighted by molar-refractivity contribution is -0.159. The monoisotopic (exact) mass is 523 g/mol. The maximum atomic E-state index is 13.8. The highest BCUT2D eigenvalue weighted by Gasteiger charge is 2.56. The Hall–Kier alpha value is -3.10. The number of hydrogen-bond donors (Lipinski definition) is 2. The predicted octanol–water partition coefficient (Wildman–Crippen LogP) is 3.97. The molecule has 0 radical (unpaired) electrons. The first-order chi connectivity index (χ1) is 17.8. The Morgan fingerprint density at radius 3 is 2.54 bits per heavy atom. The Kier molecular flexibility index (Phi) is 7.40. The van der Waals surface area contributed by atoms with Crippen molar-refractivity contribution in [1.82, 2.24) is 25.6 Å². The summed E-state index contributed by atoms with van der Waals surface area (Å²) in [4.78, 5) is 44.1. The van der Waals surface area contributed by atoms with E-state index in [0.717, 1.165) is 11.1 Å². The zero-order valence-corrected chi connectivity index (χ0v) is 22.0. The van der Waals surface area contributed by atoms with Gasteiger partial charge in [-0.2, -0.15) is 5.43 Å². The van der Waals surface area contributed by atoms with E-state index < -0.39 is 6.29 Å². The molecule has 2 saturated heterocycles. The fraction of sp³-hybridized carbons (Fsp3) is 0.464. The van der Waals surface area contributed by atoms with Crippen LogP contribution in [0.25, 0.3) is 0 Å². The van der Waals surface area contributed by atoms with Gasteiger partial charge in [-0.25, -0.2) is 4.79 Å². The number of benzene rings is 2. The molecule has 1 saturated carbocycles. The fourth-order valence-corrected chi connectivity index (χ4v) is 5.90. The maximum Gasteiger partial charge on any atom is 0.337 e. The molecule has 196 valence electrons. The number of nitrogens with one attached hydrogen (secondary N) is 2. The SMILES string of the molecule is CC(C)CNC(=O)C1CCC2C(=O)N(Cc3ccccc3)C3NN(Cc4cccc(Cl)c4)C(=O)N3C2C1. The van der Waals surface area contributed by atoms with Gasteiger partial charge in [0.1, 0.15) is 0 Å². The lowest BCUT2D eigenvalue weighted by Gasteiger charge is -2.49. The number of urea groups is 1. The van der Waals surface area contributed by atoms with Crippen LogP contribution >= 0.6 is 11.6 Å². The van der Waals surface area contributed by atoms with Gasteiger partial charge in [0, 0.05) is 30.1 Å². The number of rotatable bonds is 7. The summed E-state index contributed by atoms with van der Waals surface area (Å²) in [6, 6.07) is 16.7. The maximum absolute atomic E-state index is 13.8. The molecule has 0 spiro atoms. The van der Waals surface area contributed by atoms with Gasteiger partial charge in [0.05, 0.1) is 12.5 Å². The van der Waals surface area contributed by atoms with Crippen LogP contribution in [0.1, 0.15) is 44.2 Å². The summed E-state index contributed by atoms with van der Waals surface area (Å²) >= 11 is 6.18. The zero-order valence-electron chi connectivity index (χ0n) is 21.3. The van der Waals surface area contributed by atoms with Crippen molar-refractivity contribution in [3.63, 3.8) is 0 Å². The van der Waals surface area contributed by atoms with Gasteiger partial charge in [-0.15, -0.1) is 0 Å². The van der Waals surface area contributed by atoms with E-state index in [1.807, 2.05) is 48.5 Å². The molecular weight excluding hydrogens is 490 g/mol. The molecule has 5 rings (SSSR count). The van der Waals surface area contributed by atoms with Crippen molar-refractivity contribution in [2.45, 2.75) is 58.5 Å². The van der Waals surface area contributed by atoms with Gasteiger partial charge in [0.2, 0.25) is 11.8 Å². The molecule has 37 heavy (non-hydrogen) atoms. The van der Waals surface area contributed by atoms with E-state index in [4.69, 9.17) is 11.6 Å². The number of fused-ring (bicyclic) bond motifs is 3. The first-order valence-electron chi connectivity index (χ1n) is 13.0. The molecule has 4 atom stereocenters. The number of carbonyl (C=O) groups excluding carboxylic acids is 3. The van der Waals surface area contributed by atoms with Crippen LogP contribution in [0.15, 0.2) is 54.6 Å². The first kappa shape index (κ1) is 25.5. The van der Waals surface area contributed by atoms with E-state index in [0.29, 0.717) is 49.8 Å². The van der Waals surface area contributed by atoms with Crippen LogP contribution in [-0.2, 0) is 22.7 Å². The summed E-state index contributed by atoms with van der Waals surface area (Å²) in [7, 11) is 0. The van der Waals surface area contributed by atoms with Crippen molar-refractivity contribution in [2.75, 3.05) is 6.54 Å². The average Bonchev–Trinajstić information content (AvgIpc) is 3.21. The van der Waals surface area contributed by atoms with Gasteiger partial charge < -0.3 is 10.2 Å². The van der Waals surface area contributed by atoms with E-state index in [-0.39, 0.29) is 35.7 Å². The number of hydrogen-bond acceptors (Lipinski definition) is 4. The van der Waals surface area contributed by atoms with Crippen molar-refractivity contribution >= 4 is 29.4 Å².